The quantitative estimate of drug-likeness (QED) is 0.864. The molecule has 1 rings (SSSR count). The summed E-state index contributed by atoms with van der Waals surface area (Å²) in [4.78, 5) is 11.0. The van der Waals surface area contributed by atoms with Gasteiger partial charge in [-0.15, -0.1) is 0 Å². The molecule has 0 amide bonds. The SMILES string of the molecule is CC(C)C(Nc1ccc(C#N)cc1Cl)C(=O)O. The maximum Gasteiger partial charge on any atom is 0.326 e. The molecule has 5 heteroatoms. The molecule has 2 N–H and O–H groups in total. The van der Waals surface area contributed by atoms with Crippen LogP contribution in [0.25, 0.3) is 0 Å². The van der Waals surface area contributed by atoms with E-state index in [4.69, 9.17) is 22.0 Å². The van der Waals surface area contributed by atoms with Crippen LogP contribution in [-0.4, -0.2) is 17.1 Å². The number of nitriles is 1. The number of anilines is 1. The Hall–Kier alpha value is -1.73. The van der Waals surface area contributed by atoms with E-state index in [0.29, 0.717) is 16.3 Å². The first-order chi connectivity index (χ1) is 7.95. The zero-order valence-corrected chi connectivity index (χ0v) is 10.3. The first-order valence-electron chi connectivity index (χ1n) is 5.14. The minimum Gasteiger partial charge on any atom is -0.480 e. The Morgan fingerprint density at radius 2 is 2.18 bits per heavy atom. The van der Waals surface area contributed by atoms with E-state index < -0.39 is 12.0 Å². The molecule has 0 fully saturated rings. The monoisotopic (exact) mass is 252 g/mol. The van der Waals surface area contributed by atoms with Gasteiger partial charge in [0.25, 0.3) is 0 Å². The standard InChI is InChI=1S/C12H13ClN2O2/c1-7(2)11(12(16)17)15-10-4-3-8(6-14)5-9(10)13/h3-5,7,11,15H,1-2H3,(H,16,17). The maximum atomic E-state index is 11.0. The smallest absolute Gasteiger partial charge is 0.326 e. The lowest BCUT2D eigenvalue weighted by Crippen LogP contribution is -2.34. The first-order valence-corrected chi connectivity index (χ1v) is 5.52. The molecule has 0 aliphatic carbocycles. The Bertz CT molecular complexity index is 466. The van der Waals surface area contributed by atoms with Crippen molar-refractivity contribution in [1.82, 2.24) is 0 Å². The van der Waals surface area contributed by atoms with E-state index in [9.17, 15) is 4.79 Å². The molecule has 0 heterocycles. The van der Waals surface area contributed by atoms with Crippen molar-refractivity contribution < 1.29 is 9.90 Å². The van der Waals surface area contributed by atoms with Gasteiger partial charge in [0.2, 0.25) is 0 Å². The number of hydrogen-bond acceptors (Lipinski definition) is 3. The Labute approximate surface area is 105 Å². The van der Waals surface area contributed by atoms with Gasteiger partial charge in [0.1, 0.15) is 6.04 Å². The van der Waals surface area contributed by atoms with Gasteiger partial charge in [-0.1, -0.05) is 25.4 Å². The molecule has 0 aliphatic heterocycles. The van der Waals surface area contributed by atoms with Crippen LogP contribution in [0.3, 0.4) is 0 Å². The molecule has 0 saturated heterocycles. The summed E-state index contributed by atoms with van der Waals surface area (Å²) in [6.45, 7) is 3.62. The molecule has 0 spiro atoms. The second-order valence-corrected chi connectivity index (χ2v) is 4.42. The number of benzene rings is 1. The van der Waals surface area contributed by atoms with Gasteiger partial charge >= 0.3 is 5.97 Å². The minimum absolute atomic E-state index is 0.0702. The van der Waals surface area contributed by atoms with Gasteiger partial charge in [0, 0.05) is 0 Å². The average Bonchev–Trinajstić information content (AvgIpc) is 2.26. The summed E-state index contributed by atoms with van der Waals surface area (Å²) in [7, 11) is 0. The predicted molar refractivity (Wildman–Crippen MR) is 66.1 cm³/mol. The number of carboxylic acids is 1. The summed E-state index contributed by atoms with van der Waals surface area (Å²) >= 11 is 5.96. The second-order valence-electron chi connectivity index (χ2n) is 4.01. The third kappa shape index (κ3) is 3.36. The van der Waals surface area contributed by atoms with Crippen molar-refractivity contribution in [2.24, 2.45) is 5.92 Å². The summed E-state index contributed by atoms with van der Waals surface area (Å²) in [5, 5.41) is 20.9. The lowest BCUT2D eigenvalue weighted by atomic mass is 10.0. The zero-order valence-electron chi connectivity index (χ0n) is 9.57. The van der Waals surface area contributed by atoms with Gasteiger partial charge in [-0.3, -0.25) is 0 Å². The summed E-state index contributed by atoms with van der Waals surface area (Å²) in [5.74, 6) is -1.00. The largest absolute Gasteiger partial charge is 0.480 e. The van der Waals surface area contributed by atoms with Gasteiger partial charge in [-0.25, -0.2) is 4.79 Å². The summed E-state index contributed by atoms with van der Waals surface area (Å²) in [5.41, 5.74) is 0.962. The Morgan fingerprint density at radius 3 is 2.59 bits per heavy atom. The van der Waals surface area contributed by atoms with E-state index in [-0.39, 0.29) is 5.92 Å². The molecule has 90 valence electrons. The number of aliphatic carboxylic acids is 1. The Morgan fingerprint density at radius 1 is 1.53 bits per heavy atom. The number of nitrogens with zero attached hydrogens (tertiary/aromatic N) is 1. The fourth-order valence-electron chi connectivity index (χ4n) is 1.38. The van der Waals surface area contributed by atoms with Crippen molar-refractivity contribution in [1.29, 1.82) is 5.26 Å². The number of hydrogen-bond donors (Lipinski definition) is 2. The van der Waals surface area contributed by atoms with E-state index in [2.05, 4.69) is 5.32 Å². The van der Waals surface area contributed by atoms with E-state index >= 15 is 0 Å². The number of rotatable bonds is 4. The molecule has 4 nitrogen and oxygen atoms in total. The fourth-order valence-corrected chi connectivity index (χ4v) is 1.62. The van der Waals surface area contributed by atoms with E-state index in [0.717, 1.165) is 0 Å². The van der Waals surface area contributed by atoms with Gasteiger partial charge in [0.05, 0.1) is 22.3 Å². The number of halogens is 1. The van der Waals surface area contributed by atoms with Gasteiger partial charge in [-0.05, 0) is 24.1 Å². The first kappa shape index (κ1) is 13.3. The third-order valence-corrected chi connectivity index (χ3v) is 2.65. The van der Waals surface area contributed by atoms with E-state index in [1.165, 1.54) is 6.07 Å². The molecule has 17 heavy (non-hydrogen) atoms. The van der Waals surface area contributed by atoms with Crippen molar-refractivity contribution >= 4 is 23.3 Å². The highest BCUT2D eigenvalue weighted by atomic mass is 35.5. The van der Waals surface area contributed by atoms with Crippen molar-refractivity contribution in [3.05, 3.63) is 28.8 Å². The van der Waals surface area contributed by atoms with Crippen LogP contribution in [0.5, 0.6) is 0 Å². The Kier molecular flexibility index (Phi) is 4.36. The van der Waals surface area contributed by atoms with Crippen LogP contribution in [0.15, 0.2) is 18.2 Å². The van der Waals surface area contributed by atoms with E-state index in [1.54, 1.807) is 12.1 Å². The van der Waals surface area contributed by atoms with Gasteiger partial charge < -0.3 is 10.4 Å². The van der Waals surface area contributed by atoms with Gasteiger partial charge in [-0.2, -0.15) is 5.26 Å². The molecular weight excluding hydrogens is 240 g/mol. The predicted octanol–water partition coefficient (Wildman–Crippen LogP) is 2.73. The molecule has 0 radical (unpaired) electrons. The van der Waals surface area contributed by atoms with Crippen molar-refractivity contribution in [3.63, 3.8) is 0 Å². The van der Waals surface area contributed by atoms with Crippen LogP contribution < -0.4 is 5.32 Å². The second kappa shape index (κ2) is 5.55. The zero-order chi connectivity index (χ0) is 13.0. The molecule has 1 unspecified atom stereocenters. The summed E-state index contributed by atoms with van der Waals surface area (Å²) < 4.78 is 0. The van der Waals surface area contributed by atoms with Crippen molar-refractivity contribution in [2.75, 3.05) is 5.32 Å². The lowest BCUT2D eigenvalue weighted by molar-refractivity contribution is -0.138. The average molecular weight is 253 g/mol. The van der Waals surface area contributed by atoms with Crippen LogP contribution >= 0.6 is 11.6 Å². The van der Waals surface area contributed by atoms with Crippen LogP contribution in [0, 0.1) is 17.2 Å². The number of carbonyl (C=O) groups is 1. The normalized spacial score (nSPS) is 11.9. The minimum atomic E-state index is -0.930. The number of carboxylic acid groups (broad SMARTS) is 1. The molecule has 0 aromatic heterocycles. The summed E-state index contributed by atoms with van der Waals surface area (Å²) in [6.07, 6.45) is 0. The maximum absolute atomic E-state index is 11.0. The fraction of sp³-hybridized carbons (Fsp3) is 0.333. The van der Waals surface area contributed by atoms with Crippen LogP contribution in [0.4, 0.5) is 5.69 Å². The van der Waals surface area contributed by atoms with Crippen LogP contribution in [0.2, 0.25) is 5.02 Å². The third-order valence-electron chi connectivity index (χ3n) is 2.34. The molecule has 1 aromatic rings. The highest BCUT2D eigenvalue weighted by Crippen LogP contribution is 2.24. The number of nitrogens with one attached hydrogen (secondary N) is 1. The van der Waals surface area contributed by atoms with Crippen molar-refractivity contribution in [3.8, 4) is 6.07 Å². The van der Waals surface area contributed by atoms with E-state index in [1.807, 2.05) is 19.9 Å². The lowest BCUT2D eigenvalue weighted by Gasteiger charge is -2.19. The van der Waals surface area contributed by atoms with Crippen molar-refractivity contribution in [2.45, 2.75) is 19.9 Å². The van der Waals surface area contributed by atoms with Gasteiger partial charge in [0.15, 0.2) is 0 Å². The van der Waals surface area contributed by atoms with Crippen LogP contribution in [-0.2, 0) is 4.79 Å². The Balaban J connectivity index is 2.95. The topological polar surface area (TPSA) is 73.1 Å². The molecule has 1 atom stereocenters. The highest BCUT2D eigenvalue weighted by Gasteiger charge is 2.21. The molecular formula is C12H13ClN2O2. The summed E-state index contributed by atoms with van der Waals surface area (Å²) in [6, 6.07) is 5.96. The van der Waals surface area contributed by atoms with Crippen LogP contribution in [0.1, 0.15) is 19.4 Å². The molecule has 0 saturated carbocycles. The molecule has 1 aromatic carbocycles. The molecule has 0 aliphatic rings. The highest BCUT2D eigenvalue weighted by molar-refractivity contribution is 6.33. The molecule has 0 bridgehead atoms.